The third-order valence-corrected chi connectivity index (χ3v) is 2.96. The second-order valence-corrected chi connectivity index (χ2v) is 4.69. The molecule has 7 heteroatoms. The van der Waals surface area contributed by atoms with Gasteiger partial charge in [-0.15, -0.1) is 0 Å². The number of rotatable bonds is 6. The minimum absolute atomic E-state index is 0.178. The molecule has 0 amide bonds. The van der Waals surface area contributed by atoms with Crippen LogP contribution in [0, 0.1) is 0 Å². The molecule has 4 N–H and O–H groups in total. The highest BCUT2D eigenvalue weighted by Gasteiger charge is 2.04. The normalized spacial score (nSPS) is 11.3. The summed E-state index contributed by atoms with van der Waals surface area (Å²) < 4.78 is 31.7. The molecule has 0 aliphatic heterocycles. The van der Waals surface area contributed by atoms with E-state index in [2.05, 4.69) is 9.44 Å². The highest BCUT2D eigenvalue weighted by atomic mass is 32.2. The molecular weight excluding hydrogens is 230 g/mol. The van der Waals surface area contributed by atoms with Gasteiger partial charge >= 0.3 is 0 Å². The van der Waals surface area contributed by atoms with Crippen molar-refractivity contribution < 1.29 is 13.2 Å². The fraction of sp³-hybridized carbons (Fsp3) is 0.333. The van der Waals surface area contributed by atoms with Gasteiger partial charge in [0.05, 0.1) is 5.69 Å². The number of nitrogens with one attached hydrogen (secondary N) is 2. The van der Waals surface area contributed by atoms with E-state index in [1.807, 2.05) is 0 Å². The topological polar surface area (TPSA) is 93.5 Å². The summed E-state index contributed by atoms with van der Waals surface area (Å²) in [5.41, 5.74) is 6.17. The quantitative estimate of drug-likeness (QED) is 0.474. The Hall–Kier alpha value is -1.31. The van der Waals surface area contributed by atoms with Crippen LogP contribution in [0.5, 0.6) is 5.75 Å². The van der Waals surface area contributed by atoms with Crippen LogP contribution < -0.4 is 19.9 Å². The number of nitrogens with two attached hydrogens (primary N) is 1. The molecular formula is C9H15N3O3S. The number of anilines is 1. The second-order valence-electron chi connectivity index (χ2n) is 2.99. The van der Waals surface area contributed by atoms with Gasteiger partial charge in [0.15, 0.2) is 0 Å². The van der Waals surface area contributed by atoms with Crippen LogP contribution >= 0.6 is 0 Å². The van der Waals surface area contributed by atoms with E-state index < -0.39 is 10.2 Å². The molecule has 1 rings (SSSR count). The molecule has 0 unspecified atom stereocenters. The summed E-state index contributed by atoms with van der Waals surface area (Å²) in [7, 11) is -2.06. The van der Waals surface area contributed by atoms with Crippen LogP contribution in [-0.2, 0) is 10.2 Å². The van der Waals surface area contributed by atoms with Crippen molar-refractivity contribution in [3.63, 3.8) is 0 Å². The lowest BCUT2D eigenvalue weighted by molar-refractivity contribution is 0.324. The van der Waals surface area contributed by atoms with Crippen LogP contribution in [0.15, 0.2) is 24.3 Å². The zero-order chi connectivity index (χ0) is 12.0. The van der Waals surface area contributed by atoms with Gasteiger partial charge in [0, 0.05) is 13.6 Å². The van der Waals surface area contributed by atoms with Crippen molar-refractivity contribution in [2.24, 2.45) is 0 Å². The van der Waals surface area contributed by atoms with Gasteiger partial charge in [-0.05, 0) is 12.1 Å². The molecule has 0 fully saturated rings. The third kappa shape index (κ3) is 4.05. The van der Waals surface area contributed by atoms with E-state index in [-0.39, 0.29) is 13.2 Å². The van der Waals surface area contributed by atoms with Gasteiger partial charge in [-0.25, -0.2) is 4.72 Å². The summed E-state index contributed by atoms with van der Waals surface area (Å²) in [6.07, 6.45) is 0. The van der Waals surface area contributed by atoms with E-state index in [1.165, 1.54) is 7.05 Å². The lowest BCUT2D eigenvalue weighted by Crippen LogP contribution is -2.36. The number of hydrogen-bond donors (Lipinski definition) is 3. The van der Waals surface area contributed by atoms with E-state index in [9.17, 15) is 8.42 Å². The van der Waals surface area contributed by atoms with Crippen LogP contribution in [0.4, 0.5) is 5.69 Å². The van der Waals surface area contributed by atoms with Crippen molar-refractivity contribution in [2.75, 3.05) is 25.9 Å². The standard InChI is InChI=1S/C9H15N3O3S/c1-11-16(13,14)12-6-7-15-9-5-3-2-4-8(9)10/h2-5,11-12H,6-7,10H2,1H3. The molecule has 0 spiro atoms. The molecule has 0 aliphatic rings. The summed E-state index contributed by atoms with van der Waals surface area (Å²) in [4.78, 5) is 0. The van der Waals surface area contributed by atoms with Crippen molar-refractivity contribution in [3.05, 3.63) is 24.3 Å². The summed E-state index contributed by atoms with van der Waals surface area (Å²) in [6.45, 7) is 0.395. The molecule has 0 aromatic heterocycles. The Morgan fingerprint density at radius 1 is 1.38 bits per heavy atom. The highest BCUT2D eigenvalue weighted by molar-refractivity contribution is 7.87. The first kappa shape index (κ1) is 12.8. The predicted octanol–water partition coefficient (Wildman–Crippen LogP) is -0.299. The predicted molar refractivity (Wildman–Crippen MR) is 62.3 cm³/mol. The lowest BCUT2D eigenvalue weighted by atomic mass is 10.3. The van der Waals surface area contributed by atoms with Crippen LogP contribution in [0.2, 0.25) is 0 Å². The Kier molecular flexibility index (Phi) is 4.53. The molecule has 0 radical (unpaired) electrons. The molecule has 1 aromatic rings. The van der Waals surface area contributed by atoms with Gasteiger partial charge in [0.2, 0.25) is 0 Å². The Balaban J connectivity index is 2.35. The number of hydrogen-bond acceptors (Lipinski definition) is 4. The van der Waals surface area contributed by atoms with Gasteiger partial charge in [-0.3, -0.25) is 0 Å². The van der Waals surface area contributed by atoms with Gasteiger partial charge in [-0.1, -0.05) is 12.1 Å². The molecule has 90 valence electrons. The maximum absolute atomic E-state index is 11.0. The number of nitrogen functional groups attached to an aromatic ring is 1. The first-order valence-corrected chi connectivity index (χ1v) is 6.19. The first-order valence-electron chi connectivity index (χ1n) is 4.70. The Labute approximate surface area is 95.0 Å². The second kappa shape index (κ2) is 5.69. The summed E-state index contributed by atoms with van der Waals surface area (Å²) in [5, 5.41) is 0. The first-order chi connectivity index (χ1) is 7.55. The van der Waals surface area contributed by atoms with Crippen molar-refractivity contribution in [1.29, 1.82) is 0 Å². The van der Waals surface area contributed by atoms with Crippen molar-refractivity contribution >= 4 is 15.9 Å². The maximum Gasteiger partial charge on any atom is 0.276 e. The Morgan fingerprint density at radius 3 is 2.69 bits per heavy atom. The monoisotopic (exact) mass is 245 g/mol. The zero-order valence-corrected chi connectivity index (χ0v) is 9.75. The highest BCUT2D eigenvalue weighted by Crippen LogP contribution is 2.19. The fourth-order valence-electron chi connectivity index (χ4n) is 1.02. The minimum Gasteiger partial charge on any atom is -0.490 e. The van der Waals surface area contributed by atoms with Crippen molar-refractivity contribution in [1.82, 2.24) is 9.44 Å². The van der Waals surface area contributed by atoms with E-state index in [1.54, 1.807) is 24.3 Å². The molecule has 16 heavy (non-hydrogen) atoms. The molecule has 1 aromatic carbocycles. The smallest absolute Gasteiger partial charge is 0.276 e. The van der Waals surface area contributed by atoms with Crippen LogP contribution in [0.3, 0.4) is 0 Å². The largest absolute Gasteiger partial charge is 0.490 e. The number of ether oxygens (including phenoxy) is 1. The van der Waals surface area contributed by atoms with Crippen molar-refractivity contribution in [2.45, 2.75) is 0 Å². The minimum atomic E-state index is -3.40. The van der Waals surface area contributed by atoms with Crippen LogP contribution in [-0.4, -0.2) is 28.6 Å². The summed E-state index contributed by atoms with van der Waals surface area (Å²) in [5.74, 6) is 0.547. The average molecular weight is 245 g/mol. The SMILES string of the molecule is CNS(=O)(=O)NCCOc1ccccc1N. The molecule has 0 bridgehead atoms. The molecule has 0 atom stereocenters. The molecule has 6 nitrogen and oxygen atoms in total. The number of para-hydroxylation sites is 2. The summed E-state index contributed by atoms with van der Waals surface area (Å²) >= 11 is 0. The number of benzene rings is 1. The zero-order valence-electron chi connectivity index (χ0n) is 8.93. The van der Waals surface area contributed by atoms with Gasteiger partial charge in [0.1, 0.15) is 12.4 Å². The maximum atomic E-state index is 11.0. The van der Waals surface area contributed by atoms with Crippen molar-refractivity contribution in [3.8, 4) is 5.75 Å². The van der Waals surface area contributed by atoms with E-state index in [0.29, 0.717) is 11.4 Å². The van der Waals surface area contributed by atoms with Gasteiger partial charge in [0.25, 0.3) is 10.2 Å². The van der Waals surface area contributed by atoms with E-state index in [4.69, 9.17) is 10.5 Å². The molecule has 0 heterocycles. The lowest BCUT2D eigenvalue weighted by Gasteiger charge is -2.09. The van der Waals surface area contributed by atoms with Gasteiger partial charge < -0.3 is 10.5 Å². The van der Waals surface area contributed by atoms with Gasteiger partial charge in [-0.2, -0.15) is 13.1 Å². The van der Waals surface area contributed by atoms with E-state index in [0.717, 1.165) is 0 Å². The Morgan fingerprint density at radius 2 is 2.06 bits per heavy atom. The molecule has 0 saturated heterocycles. The Bertz CT molecular complexity index is 433. The third-order valence-electron chi connectivity index (χ3n) is 1.84. The van der Waals surface area contributed by atoms with Crippen LogP contribution in [0.25, 0.3) is 0 Å². The fourth-order valence-corrected chi connectivity index (χ4v) is 1.52. The average Bonchev–Trinajstić information content (AvgIpc) is 2.27. The van der Waals surface area contributed by atoms with E-state index >= 15 is 0 Å². The molecule has 0 saturated carbocycles. The summed E-state index contributed by atoms with van der Waals surface area (Å²) in [6, 6.07) is 7.03. The van der Waals surface area contributed by atoms with Crippen LogP contribution in [0.1, 0.15) is 0 Å². The molecule has 0 aliphatic carbocycles.